The Balaban J connectivity index is 1.15. The van der Waals surface area contributed by atoms with Crippen LogP contribution in [0.25, 0.3) is 104 Å². The van der Waals surface area contributed by atoms with E-state index in [1.807, 2.05) is 0 Å². The van der Waals surface area contributed by atoms with Crippen molar-refractivity contribution in [3.63, 3.8) is 0 Å². The van der Waals surface area contributed by atoms with E-state index in [0.717, 1.165) is 0 Å². The van der Waals surface area contributed by atoms with E-state index >= 15 is 0 Å². The van der Waals surface area contributed by atoms with Crippen molar-refractivity contribution >= 4 is 105 Å². The first kappa shape index (κ1) is 28.8. The van der Waals surface area contributed by atoms with Crippen LogP contribution >= 0.6 is 0 Å². The monoisotopic (exact) mass is 741 g/mol. The Bertz CT molecular complexity index is 4170. The molecule has 0 fully saturated rings. The summed E-state index contributed by atoms with van der Waals surface area (Å²) in [5.74, 6) is 0. The minimum atomic E-state index is -0.465. The molecule has 17 rings (SSSR count). The van der Waals surface area contributed by atoms with Gasteiger partial charge in [-0.25, -0.2) is 0 Å². The average Bonchev–Trinajstić information content (AvgIpc) is 4.08. The minimum Gasteiger partial charge on any atom is -0.310 e. The van der Waals surface area contributed by atoms with Gasteiger partial charge in [0, 0.05) is 60.0 Å². The number of rotatable bonds is 0. The van der Waals surface area contributed by atoms with Gasteiger partial charge in [-0.15, -0.1) is 0 Å². The van der Waals surface area contributed by atoms with E-state index in [4.69, 9.17) is 0 Å². The highest BCUT2D eigenvalue weighted by molar-refractivity contribution is 7.00. The zero-order chi connectivity index (χ0) is 37.6. The molecule has 0 saturated heterocycles. The predicted molar refractivity (Wildman–Crippen MR) is 245 cm³/mol. The Hall–Kier alpha value is -7.56. The van der Waals surface area contributed by atoms with E-state index in [2.05, 4.69) is 183 Å². The lowest BCUT2D eigenvalue weighted by molar-refractivity contribution is 0.749. The molecule has 9 aromatic carbocycles. The lowest BCUT2D eigenvalue weighted by Gasteiger charge is -2.43. The van der Waals surface area contributed by atoms with Crippen molar-refractivity contribution in [2.24, 2.45) is 0 Å². The third-order valence-electron chi connectivity index (χ3n) is 15.3. The Labute approximate surface area is 337 Å². The van der Waals surface area contributed by atoms with Gasteiger partial charge in [0.05, 0.1) is 38.5 Å². The zero-order valence-electron chi connectivity index (χ0n) is 31.6. The Morgan fingerprint density at radius 1 is 0.373 bits per heavy atom. The highest BCUT2D eigenvalue weighted by Crippen LogP contribution is 2.61. The molecular formula is C55H28BN3. The molecule has 3 aliphatic heterocycles. The summed E-state index contributed by atoms with van der Waals surface area (Å²) in [4.78, 5) is 0. The van der Waals surface area contributed by atoms with Gasteiger partial charge in [-0.2, -0.15) is 0 Å². The van der Waals surface area contributed by atoms with Gasteiger partial charge in [-0.3, -0.25) is 0 Å². The number of fused-ring (bicyclic) bond motifs is 21. The molecule has 0 bridgehead atoms. The van der Waals surface area contributed by atoms with Gasteiger partial charge in [0.1, 0.15) is 0 Å². The van der Waals surface area contributed by atoms with Crippen molar-refractivity contribution in [2.75, 3.05) is 0 Å². The SMILES string of the molecule is c1ccc2c(c1)-c1ccccc1C21c2ccc3c4c2-n2c5c(cccc5c5cccc1c52)B4c1cc2c(c4cccc5c6ccccc6n2c54)c2c4ccccc4n-3c12. The molecule has 0 radical (unpaired) electrons. The van der Waals surface area contributed by atoms with Crippen molar-refractivity contribution < 1.29 is 0 Å². The summed E-state index contributed by atoms with van der Waals surface area (Å²) in [7, 11) is 0. The molecule has 1 spiro atoms. The second-order valence-corrected chi connectivity index (χ2v) is 17.4. The summed E-state index contributed by atoms with van der Waals surface area (Å²) >= 11 is 0. The molecule has 0 unspecified atom stereocenters. The van der Waals surface area contributed by atoms with Crippen LogP contribution in [0.2, 0.25) is 0 Å². The molecule has 0 saturated carbocycles. The second kappa shape index (κ2) is 9.10. The number of hydrogen-bond donors (Lipinski definition) is 0. The molecule has 266 valence electrons. The Morgan fingerprint density at radius 3 is 1.83 bits per heavy atom. The summed E-state index contributed by atoms with van der Waals surface area (Å²) in [6.45, 7) is 0.0385. The molecule has 4 aromatic heterocycles. The first-order valence-corrected chi connectivity index (χ1v) is 20.9. The van der Waals surface area contributed by atoms with Crippen molar-refractivity contribution in [1.82, 2.24) is 13.5 Å². The smallest absolute Gasteiger partial charge is 0.252 e. The standard InChI is InChI=1S/C55H28BN3/c1-5-20-37-29(12-1)30-13-2-6-21-38(30)55(37)39-22-10-17-33-34-18-11-23-41-52(34)59(51(33)39)53-40(55)26-27-45-49(53)56(41)42-28-46-47(48-35-15-4-8-25-44(35)57(45)54(42)48)36-19-9-16-32-31-14-3-7-24-43(31)58(46)50(32)36/h1-28H. The van der Waals surface area contributed by atoms with E-state index in [9.17, 15) is 0 Å². The van der Waals surface area contributed by atoms with Crippen LogP contribution in [0.4, 0.5) is 0 Å². The molecular weight excluding hydrogens is 713 g/mol. The lowest BCUT2D eigenvalue weighted by Crippen LogP contribution is -2.60. The predicted octanol–water partition coefficient (Wildman–Crippen LogP) is 10.9. The van der Waals surface area contributed by atoms with Gasteiger partial charge >= 0.3 is 0 Å². The number of nitrogens with zero attached hydrogens (tertiary/aromatic N) is 3. The van der Waals surface area contributed by atoms with E-state index in [1.165, 1.54) is 143 Å². The molecule has 59 heavy (non-hydrogen) atoms. The highest BCUT2D eigenvalue weighted by atomic mass is 15.1. The highest BCUT2D eigenvalue weighted by Gasteiger charge is 2.54. The molecule has 0 N–H and O–H groups in total. The van der Waals surface area contributed by atoms with Gasteiger partial charge < -0.3 is 13.5 Å². The first-order chi connectivity index (χ1) is 29.3. The van der Waals surface area contributed by atoms with E-state index in [0.29, 0.717) is 0 Å². The third-order valence-corrected chi connectivity index (χ3v) is 15.3. The van der Waals surface area contributed by atoms with Gasteiger partial charge in [0.25, 0.3) is 6.71 Å². The zero-order valence-corrected chi connectivity index (χ0v) is 31.6. The quantitative estimate of drug-likeness (QED) is 0.138. The normalized spacial score (nSPS) is 14.9. The molecule has 7 heterocycles. The van der Waals surface area contributed by atoms with Crippen molar-refractivity contribution in [1.29, 1.82) is 0 Å². The van der Waals surface area contributed by atoms with E-state index in [-0.39, 0.29) is 6.71 Å². The van der Waals surface area contributed by atoms with E-state index in [1.54, 1.807) is 0 Å². The average molecular weight is 742 g/mol. The summed E-state index contributed by atoms with van der Waals surface area (Å²) in [5, 5.41) is 10.7. The molecule has 0 atom stereocenters. The number of aromatic nitrogens is 3. The maximum Gasteiger partial charge on any atom is 0.252 e. The maximum absolute atomic E-state index is 2.70. The minimum absolute atomic E-state index is 0.0385. The van der Waals surface area contributed by atoms with Crippen molar-refractivity contribution in [2.45, 2.75) is 5.41 Å². The Kier molecular flexibility index (Phi) is 4.44. The van der Waals surface area contributed by atoms with Crippen LogP contribution in [0.3, 0.4) is 0 Å². The maximum atomic E-state index is 2.70. The first-order valence-electron chi connectivity index (χ1n) is 20.9. The summed E-state index contributed by atoms with van der Waals surface area (Å²) in [6.07, 6.45) is 0. The number of benzene rings is 9. The fourth-order valence-electron chi connectivity index (χ4n) is 13.5. The van der Waals surface area contributed by atoms with Crippen LogP contribution < -0.4 is 16.4 Å². The third kappa shape index (κ3) is 2.75. The van der Waals surface area contributed by atoms with Gasteiger partial charge in [0.15, 0.2) is 0 Å². The van der Waals surface area contributed by atoms with Crippen molar-refractivity contribution in [3.05, 3.63) is 192 Å². The second-order valence-electron chi connectivity index (χ2n) is 17.4. The van der Waals surface area contributed by atoms with Crippen LogP contribution in [0.5, 0.6) is 0 Å². The van der Waals surface area contributed by atoms with Gasteiger partial charge in [-0.1, -0.05) is 146 Å². The fourth-order valence-corrected chi connectivity index (χ4v) is 13.5. The van der Waals surface area contributed by atoms with E-state index < -0.39 is 5.41 Å². The largest absolute Gasteiger partial charge is 0.310 e. The topological polar surface area (TPSA) is 14.3 Å². The van der Waals surface area contributed by atoms with Crippen LogP contribution in [0.15, 0.2) is 170 Å². The summed E-state index contributed by atoms with van der Waals surface area (Å²) in [5.41, 5.74) is 23.8. The molecule has 13 aromatic rings. The molecule has 0 amide bonds. The summed E-state index contributed by atoms with van der Waals surface area (Å²) < 4.78 is 7.93. The van der Waals surface area contributed by atoms with Gasteiger partial charge in [-0.05, 0) is 74.0 Å². The van der Waals surface area contributed by atoms with Crippen LogP contribution in [-0.4, -0.2) is 20.2 Å². The van der Waals surface area contributed by atoms with Crippen LogP contribution in [0, 0.1) is 0 Å². The Morgan fingerprint density at radius 2 is 1.00 bits per heavy atom. The number of hydrogen-bond acceptors (Lipinski definition) is 0. The summed E-state index contributed by atoms with van der Waals surface area (Å²) in [6, 6.07) is 65.4. The van der Waals surface area contributed by atoms with Crippen LogP contribution in [-0.2, 0) is 5.41 Å². The van der Waals surface area contributed by atoms with Crippen LogP contribution in [0.1, 0.15) is 22.3 Å². The fraction of sp³-hybridized carbons (Fsp3) is 0.0182. The molecule has 3 nitrogen and oxygen atoms in total. The van der Waals surface area contributed by atoms with Crippen molar-refractivity contribution in [3.8, 4) is 22.5 Å². The molecule has 4 aliphatic rings. The molecule has 1 aliphatic carbocycles. The molecule has 4 heteroatoms. The lowest BCUT2D eigenvalue weighted by atomic mass is 9.33. The number of para-hydroxylation sites is 5. The van der Waals surface area contributed by atoms with Gasteiger partial charge in [0.2, 0.25) is 0 Å².